The molecule has 2 saturated heterocycles. The number of hydrogen-bond donors (Lipinski definition) is 1. The molecule has 1 aromatic rings. The molecule has 3 aliphatic rings. The molecule has 3 heterocycles. The van der Waals surface area contributed by atoms with Gasteiger partial charge in [-0.15, -0.1) is 0 Å². The third kappa shape index (κ3) is 4.25. The Labute approximate surface area is 168 Å². The molecule has 1 N–H and O–H groups in total. The van der Waals surface area contributed by atoms with Crippen molar-refractivity contribution in [1.29, 1.82) is 0 Å². The van der Waals surface area contributed by atoms with Crippen LogP contribution in [0.2, 0.25) is 0 Å². The maximum atomic E-state index is 12.6. The fourth-order valence-electron chi connectivity index (χ4n) is 4.77. The Hall–Kier alpha value is -1.86. The minimum Gasteiger partial charge on any atom is -0.378 e. The number of hydrogen-bond acceptors (Lipinski definition) is 5. The second kappa shape index (κ2) is 8.25. The summed E-state index contributed by atoms with van der Waals surface area (Å²) < 4.78 is 5.70. The van der Waals surface area contributed by atoms with E-state index in [0.29, 0.717) is 18.1 Å². The Kier molecular flexibility index (Phi) is 5.73. The highest BCUT2D eigenvalue weighted by Gasteiger charge is 2.49. The summed E-state index contributed by atoms with van der Waals surface area (Å²) in [6.07, 6.45) is 5.56. The molecular formula is C21H33N5O2. The largest absolute Gasteiger partial charge is 0.378 e. The molecule has 0 radical (unpaired) electrons. The Morgan fingerprint density at radius 2 is 2.07 bits per heavy atom. The minimum atomic E-state index is 0.0506. The third-order valence-electron chi connectivity index (χ3n) is 6.53. The molecule has 0 unspecified atom stereocenters. The Morgan fingerprint density at radius 3 is 2.82 bits per heavy atom. The van der Waals surface area contributed by atoms with E-state index >= 15 is 0 Å². The summed E-state index contributed by atoms with van der Waals surface area (Å²) >= 11 is 0. The molecule has 4 rings (SSSR count). The first kappa shape index (κ1) is 19.5. The van der Waals surface area contributed by atoms with Crippen LogP contribution < -0.4 is 10.2 Å². The number of nitrogens with zero attached hydrogens (tertiary/aromatic N) is 4. The number of urea groups is 1. The molecule has 1 aliphatic carbocycles. The van der Waals surface area contributed by atoms with Gasteiger partial charge in [0.05, 0.1) is 6.10 Å². The average molecular weight is 388 g/mol. The fourth-order valence-corrected chi connectivity index (χ4v) is 4.77. The Morgan fingerprint density at radius 1 is 1.29 bits per heavy atom. The van der Waals surface area contributed by atoms with Crippen LogP contribution in [0.25, 0.3) is 0 Å². The fraction of sp³-hybridized carbons (Fsp3) is 0.714. The number of nitrogens with one attached hydrogen (secondary N) is 1. The quantitative estimate of drug-likeness (QED) is 0.837. The summed E-state index contributed by atoms with van der Waals surface area (Å²) in [6.45, 7) is 9.22. The van der Waals surface area contributed by atoms with Crippen molar-refractivity contribution in [2.75, 3.05) is 57.8 Å². The van der Waals surface area contributed by atoms with Gasteiger partial charge in [0.25, 0.3) is 0 Å². The smallest absolute Gasteiger partial charge is 0.317 e. The van der Waals surface area contributed by atoms with Crippen LogP contribution in [0.4, 0.5) is 10.6 Å². The summed E-state index contributed by atoms with van der Waals surface area (Å²) in [7, 11) is 2.15. The molecule has 0 bridgehead atoms. The number of carbonyl (C=O) groups is 1. The molecule has 7 heteroatoms. The van der Waals surface area contributed by atoms with Crippen molar-refractivity contribution in [1.82, 2.24) is 20.1 Å². The van der Waals surface area contributed by atoms with Gasteiger partial charge in [0, 0.05) is 58.6 Å². The summed E-state index contributed by atoms with van der Waals surface area (Å²) in [5.74, 6) is 1.01. The summed E-state index contributed by atoms with van der Waals surface area (Å²) in [5, 5.41) is 3.10. The molecule has 0 atom stereocenters. The van der Waals surface area contributed by atoms with E-state index in [1.807, 2.05) is 24.1 Å². The van der Waals surface area contributed by atoms with Crippen LogP contribution in [0, 0.1) is 5.41 Å². The second-order valence-electron chi connectivity index (χ2n) is 8.63. The van der Waals surface area contributed by atoms with Crippen molar-refractivity contribution in [3.05, 3.63) is 23.9 Å². The van der Waals surface area contributed by atoms with Crippen LogP contribution in [0.5, 0.6) is 0 Å². The molecule has 0 aromatic carbocycles. The van der Waals surface area contributed by atoms with E-state index in [9.17, 15) is 4.79 Å². The van der Waals surface area contributed by atoms with Crippen LogP contribution in [0.3, 0.4) is 0 Å². The summed E-state index contributed by atoms with van der Waals surface area (Å²) in [4.78, 5) is 23.8. The molecule has 3 fully saturated rings. The Bertz CT molecular complexity index is 683. The Balaban J connectivity index is 1.26. The van der Waals surface area contributed by atoms with Gasteiger partial charge in [0.2, 0.25) is 0 Å². The van der Waals surface area contributed by atoms with Crippen LogP contribution >= 0.6 is 0 Å². The minimum absolute atomic E-state index is 0.0506. The van der Waals surface area contributed by atoms with Gasteiger partial charge in [-0.05, 0) is 56.3 Å². The van der Waals surface area contributed by atoms with E-state index in [1.165, 1.54) is 0 Å². The van der Waals surface area contributed by atoms with Gasteiger partial charge in [-0.25, -0.2) is 9.78 Å². The van der Waals surface area contributed by atoms with Gasteiger partial charge in [-0.3, -0.25) is 0 Å². The topological polar surface area (TPSA) is 60.9 Å². The van der Waals surface area contributed by atoms with Crippen LogP contribution in [0.1, 0.15) is 31.7 Å². The molecule has 2 amide bonds. The monoisotopic (exact) mass is 387 g/mol. The molecule has 1 spiro atoms. The maximum Gasteiger partial charge on any atom is 0.317 e. The van der Waals surface area contributed by atoms with E-state index < -0.39 is 0 Å². The number of ether oxygens (including phenoxy) is 1. The third-order valence-corrected chi connectivity index (χ3v) is 6.53. The number of likely N-dealkylation sites (tertiary alicyclic amines) is 1. The lowest BCUT2D eigenvalue weighted by Gasteiger charge is -2.44. The first-order chi connectivity index (χ1) is 13.6. The van der Waals surface area contributed by atoms with Crippen molar-refractivity contribution in [2.45, 2.75) is 38.8 Å². The van der Waals surface area contributed by atoms with Crippen LogP contribution in [-0.4, -0.2) is 79.8 Å². The van der Waals surface area contributed by atoms with Gasteiger partial charge in [-0.1, -0.05) is 0 Å². The normalized spacial score (nSPS) is 27.9. The van der Waals surface area contributed by atoms with E-state index in [-0.39, 0.29) is 6.03 Å². The van der Waals surface area contributed by atoms with Crippen LogP contribution in [0.15, 0.2) is 18.3 Å². The number of pyridine rings is 1. The second-order valence-corrected chi connectivity index (χ2v) is 8.63. The number of likely N-dealkylation sites (N-methyl/N-ethyl adjacent to an activating group) is 1. The molecule has 28 heavy (non-hydrogen) atoms. The van der Waals surface area contributed by atoms with Gasteiger partial charge < -0.3 is 24.8 Å². The maximum absolute atomic E-state index is 12.6. The highest BCUT2D eigenvalue weighted by molar-refractivity contribution is 5.74. The summed E-state index contributed by atoms with van der Waals surface area (Å²) in [5.41, 5.74) is 1.41. The number of anilines is 1. The zero-order chi connectivity index (χ0) is 19.6. The molecule has 154 valence electrons. The predicted octanol–water partition coefficient (Wildman–Crippen LogP) is 1.93. The molecule has 1 saturated carbocycles. The van der Waals surface area contributed by atoms with Crippen molar-refractivity contribution in [3.63, 3.8) is 0 Å². The first-order valence-electron chi connectivity index (χ1n) is 10.6. The molecule has 7 nitrogen and oxygen atoms in total. The number of carbonyl (C=O) groups excluding carboxylic acids is 1. The lowest BCUT2D eigenvalue weighted by molar-refractivity contribution is -0.0704. The van der Waals surface area contributed by atoms with E-state index in [2.05, 4.69) is 33.2 Å². The zero-order valence-electron chi connectivity index (χ0n) is 17.2. The highest BCUT2D eigenvalue weighted by Crippen LogP contribution is 2.49. The van der Waals surface area contributed by atoms with Crippen molar-refractivity contribution >= 4 is 11.8 Å². The number of aromatic nitrogens is 1. The number of rotatable bonds is 5. The van der Waals surface area contributed by atoms with Crippen molar-refractivity contribution in [2.24, 2.45) is 5.41 Å². The van der Waals surface area contributed by atoms with Crippen LogP contribution in [-0.2, 0) is 11.3 Å². The van der Waals surface area contributed by atoms with E-state index in [0.717, 1.165) is 76.5 Å². The van der Waals surface area contributed by atoms with Crippen molar-refractivity contribution < 1.29 is 9.53 Å². The lowest BCUT2D eigenvalue weighted by atomic mass is 9.66. The van der Waals surface area contributed by atoms with Gasteiger partial charge in [0.1, 0.15) is 5.82 Å². The predicted molar refractivity (Wildman–Crippen MR) is 109 cm³/mol. The SMILES string of the molecule is CCOC1CC2(CCN(C(=O)NCc3ccnc(N4CCN(C)CC4)c3)C2)C1. The lowest BCUT2D eigenvalue weighted by Crippen LogP contribution is -2.46. The molecular weight excluding hydrogens is 354 g/mol. The number of amides is 2. The van der Waals surface area contributed by atoms with Gasteiger partial charge in [0.15, 0.2) is 0 Å². The van der Waals surface area contributed by atoms with E-state index in [1.54, 1.807) is 0 Å². The van der Waals surface area contributed by atoms with Gasteiger partial charge >= 0.3 is 6.03 Å². The van der Waals surface area contributed by atoms with Gasteiger partial charge in [-0.2, -0.15) is 0 Å². The average Bonchev–Trinajstić information content (AvgIpc) is 3.13. The molecule has 1 aromatic heterocycles. The number of piperazine rings is 1. The molecule has 2 aliphatic heterocycles. The van der Waals surface area contributed by atoms with E-state index in [4.69, 9.17) is 4.74 Å². The zero-order valence-corrected chi connectivity index (χ0v) is 17.2. The van der Waals surface area contributed by atoms with Crippen molar-refractivity contribution in [3.8, 4) is 0 Å². The highest BCUT2D eigenvalue weighted by atomic mass is 16.5. The standard InChI is InChI=1S/C21H33N5O2/c1-3-28-18-13-21(14-18)5-7-26(16-21)20(27)23-15-17-4-6-22-19(12-17)25-10-8-24(2)9-11-25/h4,6,12,18H,3,5,7-11,13-16H2,1-2H3,(H,23,27). The first-order valence-corrected chi connectivity index (χ1v) is 10.6. The summed E-state index contributed by atoms with van der Waals surface area (Å²) in [6, 6.07) is 4.15.